The van der Waals surface area contributed by atoms with Crippen molar-refractivity contribution >= 4 is 17.7 Å². The molecule has 0 aliphatic heterocycles. The lowest BCUT2D eigenvalue weighted by atomic mass is 10.0. The van der Waals surface area contributed by atoms with Gasteiger partial charge in [-0.3, -0.25) is 9.78 Å². The highest BCUT2D eigenvalue weighted by Gasteiger charge is 2.12. The molecule has 156 valence electrons. The quantitative estimate of drug-likeness (QED) is 0.442. The molecule has 31 heavy (non-hydrogen) atoms. The molecule has 1 N–H and O–H groups in total. The van der Waals surface area contributed by atoms with Gasteiger partial charge in [0.15, 0.2) is 11.0 Å². The zero-order chi connectivity index (χ0) is 21.6. The molecule has 0 bridgehead atoms. The molecular formula is C23H20FN5OS. The van der Waals surface area contributed by atoms with Gasteiger partial charge in [-0.2, -0.15) is 0 Å². The highest BCUT2D eigenvalue weighted by molar-refractivity contribution is 7.98. The van der Waals surface area contributed by atoms with E-state index in [1.54, 1.807) is 36.5 Å². The lowest BCUT2D eigenvalue weighted by Gasteiger charge is -2.07. The summed E-state index contributed by atoms with van der Waals surface area (Å²) < 4.78 is 15.3. The minimum absolute atomic E-state index is 0.212. The number of hydrogen-bond donors (Lipinski definition) is 1. The molecule has 4 rings (SSSR count). The molecule has 0 aliphatic rings. The van der Waals surface area contributed by atoms with E-state index in [0.29, 0.717) is 17.1 Å². The Balaban J connectivity index is 1.35. The average molecular weight is 434 g/mol. The SMILES string of the molecule is Cn1c(CNC(=O)c2ccc(-c3cccc(F)c3)cc2)nnc1SCc1ccccn1. The third kappa shape index (κ3) is 5.16. The molecule has 0 aliphatic carbocycles. The number of nitrogens with zero attached hydrogens (tertiary/aromatic N) is 4. The molecule has 8 heteroatoms. The molecular weight excluding hydrogens is 413 g/mol. The monoisotopic (exact) mass is 433 g/mol. The van der Waals surface area contributed by atoms with E-state index in [-0.39, 0.29) is 18.3 Å². The number of hydrogen-bond acceptors (Lipinski definition) is 5. The van der Waals surface area contributed by atoms with Crippen molar-refractivity contribution < 1.29 is 9.18 Å². The van der Waals surface area contributed by atoms with Gasteiger partial charge >= 0.3 is 0 Å². The summed E-state index contributed by atoms with van der Waals surface area (Å²) in [4.78, 5) is 16.8. The molecule has 0 saturated heterocycles. The highest BCUT2D eigenvalue weighted by atomic mass is 32.2. The number of amides is 1. The van der Waals surface area contributed by atoms with Gasteiger partial charge < -0.3 is 9.88 Å². The van der Waals surface area contributed by atoms with E-state index in [9.17, 15) is 9.18 Å². The van der Waals surface area contributed by atoms with Crippen LogP contribution >= 0.6 is 11.8 Å². The summed E-state index contributed by atoms with van der Waals surface area (Å²) in [5.74, 6) is 0.849. The minimum Gasteiger partial charge on any atom is -0.345 e. The first-order chi connectivity index (χ1) is 15.1. The van der Waals surface area contributed by atoms with E-state index in [0.717, 1.165) is 22.0 Å². The number of rotatable bonds is 7. The standard InChI is InChI=1S/C23H20FN5OS/c1-29-21(27-28-23(29)31-15-20-7-2-3-12-25-20)14-26-22(30)17-10-8-16(9-11-17)18-5-4-6-19(24)13-18/h2-13H,14-15H2,1H3,(H,26,30). The lowest BCUT2D eigenvalue weighted by Crippen LogP contribution is -2.24. The van der Waals surface area contributed by atoms with Crippen LogP contribution in [0.1, 0.15) is 21.9 Å². The normalized spacial score (nSPS) is 10.8. The summed E-state index contributed by atoms with van der Waals surface area (Å²) in [6.45, 7) is 0.262. The summed E-state index contributed by atoms with van der Waals surface area (Å²) in [6.07, 6.45) is 1.76. The van der Waals surface area contributed by atoms with Crippen molar-refractivity contribution in [2.45, 2.75) is 17.5 Å². The van der Waals surface area contributed by atoms with E-state index in [1.165, 1.54) is 23.9 Å². The van der Waals surface area contributed by atoms with Crippen LogP contribution in [0.4, 0.5) is 4.39 Å². The summed E-state index contributed by atoms with van der Waals surface area (Å²) in [7, 11) is 1.87. The molecule has 0 atom stereocenters. The number of aromatic nitrogens is 4. The van der Waals surface area contributed by atoms with Crippen molar-refractivity contribution in [2.24, 2.45) is 7.05 Å². The van der Waals surface area contributed by atoms with E-state index >= 15 is 0 Å². The van der Waals surface area contributed by atoms with Crippen LogP contribution in [0, 0.1) is 5.82 Å². The van der Waals surface area contributed by atoms with Gasteiger partial charge in [0.05, 0.1) is 12.2 Å². The van der Waals surface area contributed by atoms with Gasteiger partial charge in [0.2, 0.25) is 0 Å². The Bertz CT molecular complexity index is 1180. The fourth-order valence-electron chi connectivity index (χ4n) is 2.99. The number of halogens is 1. The first-order valence-corrected chi connectivity index (χ1v) is 10.6. The number of nitrogens with one attached hydrogen (secondary N) is 1. The van der Waals surface area contributed by atoms with E-state index in [4.69, 9.17) is 0 Å². The second kappa shape index (κ2) is 9.53. The first kappa shape index (κ1) is 20.7. The molecule has 2 aromatic heterocycles. The maximum atomic E-state index is 13.4. The zero-order valence-electron chi connectivity index (χ0n) is 16.8. The van der Waals surface area contributed by atoms with Crippen LogP contribution in [0.25, 0.3) is 11.1 Å². The smallest absolute Gasteiger partial charge is 0.251 e. The van der Waals surface area contributed by atoms with Crippen LogP contribution in [0.2, 0.25) is 0 Å². The number of pyridine rings is 1. The van der Waals surface area contributed by atoms with Gasteiger partial charge in [0.25, 0.3) is 5.91 Å². The predicted molar refractivity (Wildman–Crippen MR) is 118 cm³/mol. The van der Waals surface area contributed by atoms with Crippen LogP contribution in [-0.2, 0) is 19.3 Å². The van der Waals surface area contributed by atoms with E-state index in [2.05, 4.69) is 20.5 Å². The molecule has 2 heterocycles. The van der Waals surface area contributed by atoms with Crippen molar-refractivity contribution in [1.82, 2.24) is 25.1 Å². The Morgan fingerprint density at radius 3 is 2.61 bits per heavy atom. The number of carbonyl (C=O) groups excluding carboxylic acids is 1. The van der Waals surface area contributed by atoms with Crippen molar-refractivity contribution in [1.29, 1.82) is 0 Å². The number of carbonyl (C=O) groups is 1. The summed E-state index contributed by atoms with van der Waals surface area (Å²) in [5.41, 5.74) is 3.10. The van der Waals surface area contributed by atoms with Crippen LogP contribution < -0.4 is 5.32 Å². The number of thioether (sulfide) groups is 1. The molecule has 2 aromatic carbocycles. The first-order valence-electron chi connectivity index (χ1n) is 9.65. The van der Waals surface area contributed by atoms with Crippen LogP contribution in [-0.4, -0.2) is 25.7 Å². The second-order valence-electron chi connectivity index (χ2n) is 6.84. The Morgan fingerprint density at radius 2 is 1.87 bits per heavy atom. The van der Waals surface area contributed by atoms with Gasteiger partial charge in [-0.15, -0.1) is 10.2 Å². The summed E-state index contributed by atoms with van der Waals surface area (Å²) >= 11 is 1.54. The minimum atomic E-state index is -0.291. The summed E-state index contributed by atoms with van der Waals surface area (Å²) in [6, 6.07) is 19.2. The van der Waals surface area contributed by atoms with Crippen LogP contribution in [0.5, 0.6) is 0 Å². The fraction of sp³-hybridized carbons (Fsp3) is 0.130. The maximum Gasteiger partial charge on any atom is 0.251 e. The molecule has 6 nitrogen and oxygen atoms in total. The van der Waals surface area contributed by atoms with Gasteiger partial charge in [0.1, 0.15) is 5.82 Å². The molecule has 0 fully saturated rings. The molecule has 4 aromatic rings. The number of benzene rings is 2. The largest absolute Gasteiger partial charge is 0.345 e. The molecule has 0 saturated carbocycles. The van der Waals surface area contributed by atoms with Crippen molar-refractivity contribution in [2.75, 3.05) is 0 Å². The van der Waals surface area contributed by atoms with Crippen molar-refractivity contribution in [3.8, 4) is 11.1 Å². The fourth-order valence-corrected chi connectivity index (χ4v) is 3.84. The van der Waals surface area contributed by atoms with Gasteiger partial charge in [0, 0.05) is 24.6 Å². The highest BCUT2D eigenvalue weighted by Crippen LogP contribution is 2.21. The maximum absolute atomic E-state index is 13.4. The molecule has 0 unspecified atom stereocenters. The lowest BCUT2D eigenvalue weighted by molar-refractivity contribution is 0.0949. The molecule has 1 amide bonds. The van der Waals surface area contributed by atoms with Gasteiger partial charge in [-0.25, -0.2) is 4.39 Å². The zero-order valence-corrected chi connectivity index (χ0v) is 17.6. The summed E-state index contributed by atoms with van der Waals surface area (Å²) in [5, 5.41) is 12.0. The predicted octanol–water partition coefficient (Wildman–Crippen LogP) is 4.24. The van der Waals surface area contributed by atoms with Gasteiger partial charge in [-0.05, 0) is 47.5 Å². The Kier molecular flexibility index (Phi) is 6.37. The van der Waals surface area contributed by atoms with E-state index in [1.807, 2.05) is 35.9 Å². The second-order valence-corrected chi connectivity index (χ2v) is 7.78. The Morgan fingerprint density at radius 1 is 1.03 bits per heavy atom. The van der Waals surface area contributed by atoms with E-state index < -0.39 is 0 Å². The topological polar surface area (TPSA) is 72.7 Å². The third-order valence-electron chi connectivity index (χ3n) is 4.71. The van der Waals surface area contributed by atoms with Crippen molar-refractivity contribution in [3.63, 3.8) is 0 Å². The van der Waals surface area contributed by atoms with Crippen molar-refractivity contribution in [3.05, 3.63) is 95.8 Å². The average Bonchev–Trinajstić information content (AvgIpc) is 3.16. The van der Waals surface area contributed by atoms with Crippen LogP contribution in [0.3, 0.4) is 0 Å². The third-order valence-corrected chi connectivity index (χ3v) is 5.77. The van der Waals surface area contributed by atoms with Crippen LogP contribution in [0.15, 0.2) is 78.1 Å². The molecule has 0 spiro atoms. The van der Waals surface area contributed by atoms with Gasteiger partial charge in [-0.1, -0.05) is 42.1 Å². The Labute approximate surface area is 183 Å². The Hall–Kier alpha value is -3.52. The molecule has 0 radical (unpaired) electrons.